The highest BCUT2D eigenvalue weighted by atomic mass is 35.5. The van der Waals surface area contributed by atoms with Gasteiger partial charge in [0.15, 0.2) is 5.11 Å². The van der Waals surface area contributed by atoms with Crippen molar-refractivity contribution in [3.8, 4) is 0 Å². The molecule has 1 aliphatic heterocycles. The molecule has 0 unspecified atom stereocenters. The Balaban J connectivity index is 1.96. The molecule has 2 aromatic heterocycles. The minimum atomic E-state index is 0.0141. The Bertz CT molecular complexity index is 649. The number of ether oxygens (including phenoxy) is 1. The van der Waals surface area contributed by atoms with Crippen LogP contribution in [0.15, 0.2) is 36.5 Å². The second-order valence-electron chi connectivity index (χ2n) is 4.95. The van der Waals surface area contributed by atoms with Gasteiger partial charge in [0.25, 0.3) is 0 Å². The number of nitrogens with zero attached hydrogens (tertiary/aromatic N) is 2. The molecule has 1 saturated heterocycles. The van der Waals surface area contributed by atoms with Crippen molar-refractivity contribution in [1.29, 1.82) is 0 Å². The maximum Gasteiger partial charge on any atom is 0.170 e. The third-order valence-corrected chi connectivity index (χ3v) is 5.27. The van der Waals surface area contributed by atoms with Gasteiger partial charge in [-0.15, -0.1) is 11.3 Å². The van der Waals surface area contributed by atoms with Crippen LogP contribution >= 0.6 is 35.2 Å². The molecule has 0 aliphatic carbocycles. The summed E-state index contributed by atoms with van der Waals surface area (Å²) in [7, 11) is 1.69. The first kappa shape index (κ1) is 15.7. The van der Waals surface area contributed by atoms with Gasteiger partial charge in [-0.25, -0.2) is 0 Å². The maximum absolute atomic E-state index is 6.13. The molecule has 0 spiro atoms. The molecule has 4 nitrogen and oxygen atoms in total. The molecule has 3 heterocycles. The van der Waals surface area contributed by atoms with Gasteiger partial charge in [-0.1, -0.05) is 17.7 Å². The van der Waals surface area contributed by atoms with E-state index >= 15 is 0 Å². The topological polar surface area (TPSA) is 37.4 Å². The van der Waals surface area contributed by atoms with Crippen LogP contribution in [0.4, 0.5) is 0 Å². The van der Waals surface area contributed by atoms with E-state index in [-0.39, 0.29) is 12.1 Å². The third kappa shape index (κ3) is 3.10. The lowest BCUT2D eigenvalue weighted by Gasteiger charge is -2.26. The van der Waals surface area contributed by atoms with E-state index < -0.39 is 0 Å². The predicted octanol–water partition coefficient (Wildman–Crippen LogP) is 3.42. The highest BCUT2D eigenvalue weighted by molar-refractivity contribution is 7.80. The van der Waals surface area contributed by atoms with Gasteiger partial charge in [-0.3, -0.25) is 4.98 Å². The largest absolute Gasteiger partial charge is 0.383 e. The Kier molecular flexibility index (Phi) is 4.93. The standard InChI is InChI=1S/C15H16ClN3OS2/c1-20-9-8-19-14(11-5-6-12(16)22-11)13(18-15(19)21)10-4-2-3-7-17-10/h2-7,13-14H,8-9H2,1H3,(H,18,21)/t13-,14+/m0/s1. The van der Waals surface area contributed by atoms with E-state index in [1.54, 1.807) is 24.6 Å². The number of rotatable bonds is 5. The summed E-state index contributed by atoms with van der Waals surface area (Å²) in [6.07, 6.45) is 1.80. The van der Waals surface area contributed by atoms with Gasteiger partial charge in [0, 0.05) is 24.7 Å². The normalized spacial score (nSPS) is 21.2. The predicted molar refractivity (Wildman–Crippen MR) is 93.4 cm³/mol. The zero-order chi connectivity index (χ0) is 15.5. The molecule has 0 radical (unpaired) electrons. The van der Waals surface area contributed by atoms with Crippen LogP contribution in [0.25, 0.3) is 0 Å². The van der Waals surface area contributed by atoms with E-state index in [1.807, 2.05) is 24.3 Å². The Hall–Kier alpha value is -1.21. The van der Waals surface area contributed by atoms with Gasteiger partial charge in [-0.2, -0.15) is 0 Å². The summed E-state index contributed by atoms with van der Waals surface area (Å²) in [6.45, 7) is 1.35. The summed E-state index contributed by atoms with van der Waals surface area (Å²) >= 11 is 13.2. The quantitative estimate of drug-likeness (QED) is 0.834. The molecule has 0 bridgehead atoms. The summed E-state index contributed by atoms with van der Waals surface area (Å²) in [5.41, 5.74) is 0.972. The van der Waals surface area contributed by atoms with Gasteiger partial charge < -0.3 is 15.0 Å². The van der Waals surface area contributed by atoms with E-state index in [9.17, 15) is 0 Å². The van der Waals surface area contributed by atoms with Crippen molar-refractivity contribution < 1.29 is 4.74 Å². The Morgan fingerprint density at radius 2 is 2.27 bits per heavy atom. The fourth-order valence-corrected chi connectivity index (χ4v) is 4.18. The fourth-order valence-electron chi connectivity index (χ4n) is 2.63. The molecular weight excluding hydrogens is 338 g/mol. The number of hydrogen-bond acceptors (Lipinski definition) is 4. The number of pyridine rings is 1. The van der Waals surface area contributed by atoms with Gasteiger partial charge in [0.05, 0.1) is 28.7 Å². The summed E-state index contributed by atoms with van der Waals surface area (Å²) in [6, 6.07) is 9.99. The average Bonchev–Trinajstić information content (AvgIpc) is 3.09. The zero-order valence-electron chi connectivity index (χ0n) is 12.0. The molecule has 0 saturated carbocycles. The number of nitrogens with one attached hydrogen (secondary N) is 1. The number of methoxy groups -OCH3 is 1. The molecule has 1 fully saturated rings. The first-order valence-electron chi connectivity index (χ1n) is 6.93. The Labute approximate surface area is 144 Å². The summed E-state index contributed by atoms with van der Waals surface area (Å²) in [4.78, 5) is 7.81. The highest BCUT2D eigenvalue weighted by Gasteiger charge is 2.40. The summed E-state index contributed by atoms with van der Waals surface area (Å²) < 4.78 is 5.99. The lowest BCUT2D eigenvalue weighted by molar-refractivity contribution is 0.164. The van der Waals surface area contributed by atoms with E-state index in [0.717, 1.165) is 21.7 Å². The van der Waals surface area contributed by atoms with Crippen molar-refractivity contribution in [1.82, 2.24) is 15.2 Å². The van der Waals surface area contributed by atoms with Crippen molar-refractivity contribution >= 4 is 40.3 Å². The van der Waals surface area contributed by atoms with Gasteiger partial charge >= 0.3 is 0 Å². The fraction of sp³-hybridized carbons (Fsp3) is 0.333. The molecule has 2 atom stereocenters. The maximum atomic E-state index is 6.13. The molecule has 3 rings (SSSR count). The molecule has 0 amide bonds. The van der Waals surface area contributed by atoms with Crippen LogP contribution in [-0.4, -0.2) is 35.3 Å². The van der Waals surface area contributed by atoms with Crippen molar-refractivity contribution in [3.05, 3.63) is 51.4 Å². The van der Waals surface area contributed by atoms with Crippen LogP contribution < -0.4 is 5.32 Å². The van der Waals surface area contributed by atoms with Crippen molar-refractivity contribution in [2.24, 2.45) is 0 Å². The monoisotopic (exact) mass is 353 g/mol. The number of halogens is 1. The average molecular weight is 354 g/mol. The van der Waals surface area contributed by atoms with Crippen LogP contribution in [-0.2, 0) is 4.74 Å². The molecule has 2 aromatic rings. The van der Waals surface area contributed by atoms with Crippen LogP contribution in [0.5, 0.6) is 0 Å². The number of hydrogen-bond donors (Lipinski definition) is 1. The highest BCUT2D eigenvalue weighted by Crippen LogP contribution is 2.41. The molecule has 1 N–H and O–H groups in total. The van der Waals surface area contributed by atoms with Crippen LogP contribution in [0.3, 0.4) is 0 Å². The Morgan fingerprint density at radius 1 is 1.41 bits per heavy atom. The molecule has 22 heavy (non-hydrogen) atoms. The first-order valence-corrected chi connectivity index (χ1v) is 8.53. The lowest BCUT2D eigenvalue weighted by Crippen LogP contribution is -2.32. The zero-order valence-corrected chi connectivity index (χ0v) is 14.4. The molecular formula is C15H16ClN3OS2. The van der Waals surface area contributed by atoms with Gasteiger partial charge in [0.1, 0.15) is 0 Å². The van der Waals surface area contributed by atoms with Crippen molar-refractivity contribution in [2.45, 2.75) is 12.1 Å². The SMILES string of the molecule is COCCN1C(=S)N[C@@H](c2ccccn2)[C@H]1c1ccc(Cl)s1. The van der Waals surface area contributed by atoms with E-state index in [4.69, 9.17) is 28.6 Å². The lowest BCUT2D eigenvalue weighted by atomic mass is 10.0. The second-order valence-corrected chi connectivity index (χ2v) is 7.09. The third-order valence-electron chi connectivity index (χ3n) is 3.62. The number of aromatic nitrogens is 1. The second kappa shape index (κ2) is 6.91. The van der Waals surface area contributed by atoms with E-state index in [0.29, 0.717) is 6.61 Å². The smallest absolute Gasteiger partial charge is 0.170 e. The van der Waals surface area contributed by atoms with E-state index in [2.05, 4.69) is 21.3 Å². The molecule has 1 aliphatic rings. The summed E-state index contributed by atoms with van der Waals surface area (Å²) in [5.74, 6) is 0. The minimum absolute atomic E-state index is 0.0141. The minimum Gasteiger partial charge on any atom is -0.383 e. The number of thiophene rings is 1. The van der Waals surface area contributed by atoms with Crippen molar-refractivity contribution in [2.75, 3.05) is 20.3 Å². The van der Waals surface area contributed by atoms with Crippen molar-refractivity contribution in [3.63, 3.8) is 0 Å². The van der Waals surface area contributed by atoms with Gasteiger partial charge in [0.2, 0.25) is 0 Å². The van der Waals surface area contributed by atoms with Gasteiger partial charge in [-0.05, 0) is 36.5 Å². The van der Waals surface area contributed by atoms with Crippen LogP contribution in [0.2, 0.25) is 4.34 Å². The number of thiocarbonyl (C=S) groups is 1. The Morgan fingerprint density at radius 3 is 2.91 bits per heavy atom. The molecule has 7 heteroatoms. The van der Waals surface area contributed by atoms with E-state index in [1.165, 1.54) is 4.88 Å². The summed E-state index contributed by atoms with van der Waals surface area (Å²) in [5, 5.41) is 4.11. The molecule has 116 valence electrons. The molecule has 0 aromatic carbocycles. The van der Waals surface area contributed by atoms with Crippen LogP contribution in [0.1, 0.15) is 22.7 Å². The van der Waals surface area contributed by atoms with Crippen LogP contribution in [0, 0.1) is 0 Å². The first-order chi connectivity index (χ1) is 10.7.